The van der Waals surface area contributed by atoms with Gasteiger partial charge in [0.15, 0.2) is 0 Å². The van der Waals surface area contributed by atoms with Crippen LogP contribution in [-0.2, 0) is 0 Å². The van der Waals surface area contributed by atoms with Crippen LogP contribution in [0.1, 0.15) is 47.4 Å². The zero-order valence-electron chi connectivity index (χ0n) is 17.8. The van der Waals surface area contributed by atoms with Gasteiger partial charge in [-0.1, -0.05) is 29.3 Å². The molecule has 3 rings (SSSR count). The van der Waals surface area contributed by atoms with Crippen molar-refractivity contribution in [2.24, 2.45) is 0 Å². The van der Waals surface area contributed by atoms with Crippen LogP contribution >= 0.6 is 40.7 Å². The highest BCUT2D eigenvalue weighted by Crippen LogP contribution is 2.26. The van der Waals surface area contributed by atoms with E-state index in [0.29, 0.717) is 28.0 Å². The molecule has 9 heteroatoms. The summed E-state index contributed by atoms with van der Waals surface area (Å²) in [6, 6.07) is 13.8. The molecule has 0 aliphatic carbocycles. The number of anilines is 2. The third-order valence-corrected chi connectivity index (χ3v) is 5.41. The average molecular weight is 543 g/mol. The van der Waals surface area contributed by atoms with E-state index in [9.17, 15) is 14.7 Å². The predicted octanol–water partition coefficient (Wildman–Crippen LogP) is 6.42. The molecule has 0 aliphatic heterocycles. The van der Waals surface area contributed by atoms with Gasteiger partial charge < -0.3 is 15.3 Å². The largest absolute Gasteiger partial charge is 0.478 e. The summed E-state index contributed by atoms with van der Waals surface area (Å²) < 4.78 is 0.887. The number of carbonyl (C=O) groups is 2. The molecule has 0 fully saturated rings. The summed E-state index contributed by atoms with van der Waals surface area (Å²) in [4.78, 5) is 31.2. The first kappa shape index (κ1) is 27.7. The van der Waals surface area contributed by atoms with E-state index in [1.54, 1.807) is 48.5 Å². The van der Waals surface area contributed by atoms with Gasteiger partial charge >= 0.3 is 5.97 Å². The van der Waals surface area contributed by atoms with Crippen molar-refractivity contribution in [1.82, 2.24) is 4.98 Å². The molecule has 0 spiro atoms. The van der Waals surface area contributed by atoms with Crippen LogP contribution in [-0.4, -0.2) is 35.1 Å². The van der Waals surface area contributed by atoms with Gasteiger partial charge in [0.25, 0.3) is 5.91 Å². The Kier molecular flexibility index (Phi) is 10.9. The summed E-state index contributed by atoms with van der Waals surface area (Å²) in [5.41, 5.74) is 1.79. The van der Waals surface area contributed by atoms with Gasteiger partial charge in [0.1, 0.15) is 5.82 Å². The van der Waals surface area contributed by atoms with E-state index in [1.807, 2.05) is 6.92 Å². The lowest BCUT2D eigenvalue weighted by molar-refractivity contribution is 0.0698. The molecule has 1 aromatic heterocycles. The third kappa shape index (κ3) is 6.58. The molecule has 6 nitrogen and oxygen atoms in total. The smallest absolute Gasteiger partial charge is 0.336 e. The van der Waals surface area contributed by atoms with Gasteiger partial charge in [0.2, 0.25) is 0 Å². The highest BCUT2D eigenvalue weighted by molar-refractivity contribution is 9.10. The van der Waals surface area contributed by atoms with Crippen LogP contribution in [0.5, 0.6) is 0 Å². The van der Waals surface area contributed by atoms with E-state index < -0.39 is 5.97 Å². The number of nitrogens with one attached hydrogen (secondary N) is 1. The molecule has 1 amide bonds. The summed E-state index contributed by atoms with van der Waals surface area (Å²) in [6.45, 7) is 5.72. The quantitative estimate of drug-likeness (QED) is 0.343. The highest BCUT2D eigenvalue weighted by Gasteiger charge is 2.16. The first-order valence-corrected chi connectivity index (χ1v) is 10.7. The number of nitrogens with zero attached hydrogens (tertiary/aromatic N) is 2. The van der Waals surface area contributed by atoms with Crippen LogP contribution < -0.4 is 10.2 Å². The number of hydrogen-bond acceptors (Lipinski definition) is 4. The topological polar surface area (TPSA) is 82.5 Å². The number of unbranched alkanes of at least 4 members (excludes halogenated alkanes) is 1. The number of halogens is 3. The zero-order chi connectivity index (χ0) is 21.7. The van der Waals surface area contributed by atoms with Crippen LogP contribution in [0.3, 0.4) is 0 Å². The molecule has 0 unspecified atom stereocenters. The molecule has 0 saturated heterocycles. The summed E-state index contributed by atoms with van der Waals surface area (Å²) in [7, 11) is 0. The molecule has 0 saturated carbocycles. The highest BCUT2D eigenvalue weighted by atomic mass is 79.9. The molecule has 1 heterocycles. The third-order valence-electron chi connectivity index (χ3n) is 4.88. The normalized spacial score (nSPS) is 10.1. The SMILES string of the molecule is CCCCN(CC)c1cc(C(=O)O)c2cc(NC(=O)c3ccc(Br)cc3)ccc2n1.Cl.Cl. The van der Waals surface area contributed by atoms with E-state index in [-0.39, 0.29) is 36.3 Å². The summed E-state index contributed by atoms with van der Waals surface area (Å²) in [5.74, 6) is -0.630. The fourth-order valence-corrected chi connectivity index (χ4v) is 3.48. The second-order valence-corrected chi connectivity index (χ2v) is 7.88. The van der Waals surface area contributed by atoms with Gasteiger partial charge in [-0.15, -0.1) is 24.8 Å². The van der Waals surface area contributed by atoms with Gasteiger partial charge in [-0.05, 0) is 61.9 Å². The Balaban J connectivity index is 0.00000256. The Morgan fingerprint density at radius 2 is 1.75 bits per heavy atom. The molecule has 2 N–H and O–H groups in total. The average Bonchev–Trinajstić information content (AvgIpc) is 2.74. The van der Waals surface area contributed by atoms with E-state index in [2.05, 4.69) is 38.1 Å². The number of fused-ring (bicyclic) bond motifs is 1. The van der Waals surface area contributed by atoms with Crippen molar-refractivity contribution in [1.29, 1.82) is 0 Å². The first-order chi connectivity index (χ1) is 14.4. The van der Waals surface area contributed by atoms with Crippen molar-refractivity contribution in [3.8, 4) is 0 Å². The Labute approximate surface area is 208 Å². The van der Waals surface area contributed by atoms with Gasteiger partial charge in [-0.2, -0.15) is 0 Å². The molecule has 2 aromatic carbocycles. The van der Waals surface area contributed by atoms with Crippen molar-refractivity contribution in [2.75, 3.05) is 23.3 Å². The number of hydrogen-bond donors (Lipinski definition) is 2. The standard InChI is InChI=1S/C23H24BrN3O3.2ClH/c1-3-5-12-27(4-2)21-14-19(23(29)30)18-13-17(10-11-20(18)26-21)25-22(28)15-6-8-16(24)9-7-15;;/h6-11,13-14H,3-5,12H2,1-2H3,(H,25,28)(H,29,30);2*1H. The van der Waals surface area contributed by atoms with Crippen molar-refractivity contribution < 1.29 is 14.7 Å². The van der Waals surface area contributed by atoms with Crippen molar-refractivity contribution in [3.63, 3.8) is 0 Å². The molecule has 3 aromatic rings. The minimum absolute atomic E-state index is 0. The maximum atomic E-state index is 12.5. The molecular weight excluding hydrogens is 517 g/mol. The second kappa shape index (κ2) is 12.6. The molecule has 32 heavy (non-hydrogen) atoms. The molecule has 0 bridgehead atoms. The van der Waals surface area contributed by atoms with E-state index in [1.165, 1.54) is 0 Å². The molecule has 0 radical (unpaired) electrons. The molecule has 0 atom stereocenters. The van der Waals surface area contributed by atoms with Gasteiger partial charge in [0, 0.05) is 34.2 Å². The predicted molar refractivity (Wildman–Crippen MR) is 138 cm³/mol. The lowest BCUT2D eigenvalue weighted by Crippen LogP contribution is -2.25. The van der Waals surface area contributed by atoms with Crippen LogP contribution in [0.2, 0.25) is 0 Å². The van der Waals surface area contributed by atoms with Crippen molar-refractivity contribution in [2.45, 2.75) is 26.7 Å². The number of carboxylic acid groups (broad SMARTS) is 1. The Morgan fingerprint density at radius 3 is 2.34 bits per heavy atom. The van der Waals surface area contributed by atoms with E-state index in [0.717, 1.165) is 30.4 Å². The van der Waals surface area contributed by atoms with Gasteiger partial charge in [-0.25, -0.2) is 9.78 Å². The number of aromatic nitrogens is 1. The van der Waals surface area contributed by atoms with E-state index >= 15 is 0 Å². The number of aromatic carboxylic acids is 1. The Morgan fingerprint density at radius 1 is 1.06 bits per heavy atom. The van der Waals surface area contributed by atoms with E-state index in [4.69, 9.17) is 0 Å². The number of rotatable bonds is 8. The van der Waals surface area contributed by atoms with Gasteiger partial charge in [0.05, 0.1) is 11.1 Å². The lowest BCUT2D eigenvalue weighted by atomic mass is 10.1. The maximum absolute atomic E-state index is 12.5. The van der Waals surface area contributed by atoms with Crippen LogP contribution in [0.15, 0.2) is 53.0 Å². The fourth-order valence-electron chi connectivity index (χ4n) is 3.22. The summed E-state index contributed by atoms with van der Waals surface area (Å²) >= 11 is 3.35. The van der Waals surface area contributed by atoms with Crippen LogP contribution in [0, 0.1) is 0 Å². The van der Waals surface area contributed by atoms with Crippen LogP contribution in [0.4, 0.5) is 11.5 Å². The number of pyridine rings is 1. The van der Waals surface area contributed by atoms with Gasteiger partial charge in [-0.3, -0.25) is 4.79 Å². The second-order valence-electron chi connectivity index (χ2n) is 6.96. The van der Waals surface area contributed by atoms with Crippen LogP contribution in [0.25, 0.3) is 10.9 Å². The van der Waals surface area contributed by atoms with Crippen molar-refractivity contribution in [3.05, 3.63) is 64.1 Å². The number of carbonyl (C=O) groups excluding carboxylic acids is 1. The summed E-state index contributed by atoms with van der Waals surface area (Å²) in [5, 5.41) is 13.1. The lowest BCUT2D eigenvalue weighted by Gasteiger charge is -2.22. The number of benzene rings is 2. The minimum Gasteiger partial charge on any atom is -0.478 e. The number of carboxylic acids is 1. The molecule has 172 valence electrons. The van der Waals surface area contributed by atoms with Crippen molar-refractivity contribution >= 4 is 75.0 Å². The zero-order valence-corrected chi connectivity index (χ0v) is 21.0. The minimum atomic E-state index is -1.02. The fraction of sp³-hybridized carbons (Fsp3) is 0.261. The first-order valence-electron chi connectivity index (χ1n) is 9.93. The molecule has 0 aliphatic rings. The Bertz CT molecular complexity index is 1080. The Hall–Kier alpha value is -2.35. The molecular formula is C23H26BrCl2N3O3. The number of amides is 1. The summed E-state index contributed by atoms with van der Waals surface area (Å²) in [6.07, 6.45) is 2.06. The monoisotopic (exact) mass is 541 g/mol. The maximum Gasteiger partial charge on any atom is 0.336 e.